The van der Waals surface area contributed by atoms with Crippen molar-refractivity contribution in [2.24, 2.45) is 0 Å². The van der Waals surface area contributed by atoms with Crippen LogP contribution in [0.15, 0.2) is 30.3 Å². The summed E-state index contributed by atoms with van der Waals surface area (Å²) in [5, 5.41) is 0. The molecule has 0 spiro atoms. The largest absolute Gasteiger partial charge is 0.497 e. The molecule has 0 saturated heterocycles. The maximum absolute atomic E-state index is 13.9. The maximum Gasteiger partial charge on any atom is 0.450 e. The van der Waals surface area contributed by atoms with E-state index in [4.69, 9.17) is 4.74 Å². The fourth-order valence-corrected chi connectivity index (χ4v) is 2.54. The average Bonchev–Trinajstić information content (AvgIpc) is 2.86. The lowest BCUT2D eigenvalue weighted by atomic mass is 10.1. The van der Waals surface area contributed by atoms with Gasteiger partial charge in [0, 0.05) is 12.1 Å². The van der Waals surface area contributed by atoms with E-state index < -0.39 is 29.2 Å². The van der Waals surface area contributed by atoms with Gasteiger partial charge < -0.3 is 4.74 Å². The van der Waals surface area contributed by atoms with Crippen LogP contribution in [0.1, 0.15) is 11.4 Å². The number of rotatable bonds is 2. The standard InChI is InChI=1S/C16H11F5N2O/c1-8-5-10(24-2)3-4-12(8)23-13-7-9(17)6-11(18)14(13)22-15(23)16(19,20)21/h3-7H,1-2H3. The lowest BCUT2D eigenvalue weighted by Crippen LogP contribution is -2.14. The van der Waals surface area contributed by atoms with Gasteiger partial charge in [0.2, 0.25) is 5.82 Å². The summed E-state index contributed by atoms with van der Waals surface area (Å²) in [5.74, 6) is -3.01. The highest BCUT2D eigenvalue weighted by atomic mass is 19.4. The molecule has 3 aromatic rings. The first kappa shape index (κ1) is 16.2. The molecule has 0 bridgehead atoms. The topological polar surface area (TPSA) is 27.1 Å². The van der Waals surface area contributed by atoms with Gasteiger partial charge in [0.05, 0.1) is 18.3 Å². The van der Waals surface area contributed by atoms with Crippen LogP contribution in [0.4, 0.5) is 22.0 Å². The van der Waals surface area contributed by atoms with E-state index in [2.05, 4.69) is 4.98 Å². The van der Waals surface area contributed by atoms with Crippen LogP contribution in [0, 0.1) is 18.6 Å². The van der Waals surface area contributed by atoms with Gasteiger partial charge in [0.1, 0.15) is 17.1 Å². The Hall–Kier alpha value is -2.64. The third-order valence-electron chi connectivity index (χ3n) is 3.58. The van der Waals surface area contributed by atoms with Crippen LogP contribution < -0.4 is 4.74 Å². The molecule has 3 rings (SSSR count). The summed E-state index contributed by atoms with van der Waals surface area (Å²) in [7, 11) is 1.42. The fraction of sp³-hybridized carbons (Fsp3) is 0.188. The molecule has 0 N–H and O–H groups in total. The number of methoxy groups -OCH3 is 1. The summed E-state index contributed by atoms with van der Waals surface area (Å²) >= 11 is 0. The predicted molar refractivity (Wildman–Crippen MR) is 77.3 cm³/mol. The van der Waals surface area contributed by atoms with Crippen LogP contribution in [-0.2, 0) is 6.18 Å². The molecule has 8 heteroatoms. The van der Waals surface area contributed by atoms with E-state index in [0.717, 1.165) is 6.07 Å². The normalized spacial score (nSPS) is 12.0. The van der Waals surface area contributed by atoms with Gasteiger partial charge in [-0.2, -0.15) is 13.2 Å². The quantitative estimate of drug-likeness (QED) is 0.635. The Morgan fingerprint density at radius 2 is 1.79 bits per heavy atom. The minimum absolute atomic E-state index is 0.107. The summed E-state index contributed by atoms with van der Waals surface area (Å²) in [6.07, 6.45) is -4.84. The highest BCUT2D eigenvalue weighted by molar-refractivity contribution is 5.79. The number of aryl methyl sites for hydroxylation is 1. The van der Waals surface area contributed by atoms with Crippen LogP contribution in [0.25, 0.3) is 16.7 Å². The van der Waals surface area contributed by atoms with Gasteiger partial charge in [0.25, 0.3) is 0 Å². The van der Waals surface area contributed by atoms with Crippen LogP contribution >= 0.6 is 0 Å². The van der Waals surface area contributed by atoms with Gasteiger partial charge in [-0.1, -0.05) is 0 Å². The van der Waals surface area contributed by atoms with Gasteiger partial charge in [0.15, 0.2) is 5.82 Å². The van der Waals surface area contributed by atoms with E-state index in [-0.39, 0.29) is 11.2 Å². The summed E-state index contributed by atoms with van der Waals surface area (Å²) < 4.78 is 73.2. The van der Waals surface area contributed by atoms with Crippen molar-refractivity contribution in [3.05, 3.63) is 53.4 Å². The Morgan fingerprint density at radius 1 is 1.08 bits per heavy atom. The summed E-state index contributed by atoms with van der Waals surface area (Å²) in [5.41, 5.74) is -0.300. The Labute approximate surface area is 133 Å². The molecular formula is C16H11F5N2O. The summed E-state index contributed by atoms with van der Waals surface area (Å²) in [4.78, 5) is 3.35. The zero-order valence-corrected chi connectivity index (χ0v) is 12.6. The van der Waals surface area contributed by atoms with Gasteiger partial charge in [-0.15, -0.1) is 0 Å². The van der Waals surface area contributed by atoms with Gasteiger partial charge in [-0.05, 0) is 30.7 Å². The summed E-state index contributed by atoms with van der Waals surface area (Å²) in [6.45, 7) is 1.57. The van der Waals surface area contributed by atoms with E-state index >= 15 is 0 Å². The second kappa shape index (κ2) is 5.47. The molecular weight excluding hydrogens is 331 g/mol. The smallest absolute Gasteiger partial charge is 0.450 e. The van der Waals surface area contributed by atoms with E-state index in [1.54, 1.807) is 6.92 Å². The van der Waals surface area contributed by atoms with Crippen LogP contribution in [0.5, 0.6) is 5.75 Å². The Morgan fingerprint density at radius 3 is 2.38 bits per heavy atom. The first-order chi connectivity index (χ1) is 11.2. The highest BCUT2D eigenvalue weighted by Gasteiger charge is 2.39. The number of benzene rings is 2. The number of imidazole rings is 1. The van der Waals surface area contributed by atoms with Crippen LogP contribution in [0.2, 0.25) is 0 Å². The lowest BCUT2D eigenvalue weighted by Gasteiger charge is -2.14. The number of fused-ring (bicyclic) bond motifs is 1. The fourth-order valence-electron chi connectivity index (χ4n) is 2.54. The monoisotopic (exact) mass is 342 g/mol. The lowest BCUT2D eigenvalue weighted by molar-refractivity contribution is -0.145. The molecule has 0 fully saturated rings. The second-order valence-corrected chi connectivity index (χ2v) is 5.18. The molecule has 0 amide bonds. The van der Waals surface area contributed by atoms with Crippen molar-refractivity contribution in [3.8, 4) is 11.4 Å². The van der Waals surface area contributed by atoms with Crippen molar-refractivity contribution >= 4 is 11.0 Å². The molecule has 0 saturated carbocycles. The molecule has 0 aliphatic heterocycles. The van der Waals surface area contributed by atoms with E-state index in [0.29, 0.717) is 21.9 Å². The Bertz CT molecular complexity index is 930. The second-order valence-electron chi connectivity index (χ2n) is 5.18. The first-order valence-electron chi connectivity index (χ1n) is 6.82. The zero-order chi connectivity index (χ0) is 17.6. The van der Waals surface area contributed by atoms with Crippen molar-refractivity contribution in [2.75, 3.05) is 7.11 Å². The molecule has 2 aromatic carbocycles. The average molecular weight is 342 g/mol. The number of hydrogen-bond acceptors (Lipinski definition) is 2. The number of aromatic nitrogens is 2. The molecule has 126 valence electrons. The van der Waals surface area contributed by atoms with E-state index in [1.165, 1.54) is 25.3 Å². The number of halogens is 5. The van der Waals surface area contributed by atoms with Gasteiger partial charge >= 0.3 is 6.18 Å². The molecule has 0 radical (unpaired) electrons. The first-order valence-corrected chi connectivity index (χ1v) is 6.82. The third-order valence-corrected chi connectivity index (χ3v) is 3.58. The van der Waals surface area contributed by atoms with Crippen molar-refractivity contribution in [1.82, 2.24) is 9.55 Å². The Kier molecular flexibility index (Phi) is 3.70. The molecule has 24 heavy (non-hydrogen) atoms. The maximum atomic E-state index is 13.9. The molecule has 0 aliphatic carbocycles. The van der Waals surface area contributed by atoms with Gasteiger partial charge in [-0.3, -0.25) is 4.57 Å². The summed E-state index contributed by atoms with van der Waals surface area (Å²) in [6, 6.07) is 5.69. The van der Waals surface area contributed by atoms with E-state index in [1.807, 2.05) is 0 Å². The highest BCUT2D eigenvalue weighted by Crippen LogP contribution is 2.36. The van der Waals surface area contributed by atoms with Crippen molar-refractivity contribution in [2.45, 2.75) is 13.1 Å². The zero-order valence-electron chi connectivity index (χ0n) is 12.6. The van der Waals surface area contributed by atoms with E-state index in [9.17, 15) is 22.0 Å². The van der Waals surface area contributed by atoms with Crippen molar-refractivity contribution in [1.29, 1.82) is 0 Å². The number of ether oxygens (including phenoxy) is 1. The third kappa shape index (κ3) is 2.57. The minimum atomic E-state index is -4.84. The van der Waals surface area contributed by atoms with Gasteiger partial charge in [-0.25, -0.2) is 13.8 Å². The molecule has 0 atom stereocenters. The molecule has 1 heterocycles. The molecule has 0 unspecified atom stereocenters. The number of nitrogens with zero attached hydrogens (tertiary/aromatic N) is 2. The Balaban J connectivity index is 2.41. The molecule has 0 aliphatic rings. The number of alkyl halides is 3. The minimum Gasteiger partial charge on any atom is -0.497 e. The number of hydrogen-bond donors (Lipinski definition) is 0. The van der Waals surface area contributed by atoms with Crippen LogP contribution in [0.3, 0.4) is 0 Å². The SMILES string of the molecule is COc1ccc(-n2c(C(F)(F)F)nc3c(F)cc(F)cc32)c(C)c1. The molecule has 1 aromatic heterocycles. The predicted octanol–water partition coefficient (Wildman–Crippen LogP) is 4.64. The van der Waals surface area contributed by atoms with Crippen molar-refractivity contribution in [3.63, 3.8) is 0 Å². The molecule has 3 nitrogen and oxygen atoms in total. The van der Waals surface area contributed by atoms with Crippen LogP contribution in [-0.4, -0.2) is 16.7 Å². The van der Waals surface area contributed by atoms with Crippen molar-refractivity contribution < 1.29 is 26.7 Å².